The molecule has 0 aliphatic carbocycles. The van der Waals surface area contributed by atoms with Crippen molar-refractivity contribution in [2.45, 2.75) is 26.5 Å². The average Bonchev–Trinajstić information content (AvgIpc) is 2.35. The number of nitrogen functional groups attached to an aromatic ring is 1. The highest BCUT2D eigenvalue weighted by molar-refractivity contribution is 7.88. The Balaban J connectivity index is 2.57. The standard InChI is InChI=1S/C12H18N4O4S/c1-8(2)20-12(17)16-21(18,19)15-7-9-3-5-10(6-4-9)11(13)14/h3-6,8,15H,7H2,1-2H3,(H3,13,14)(H,16,17). The summed E-state index contributed by atoms with van der Waals surface area (Å²) in [4.78, 5) is 11.2. The van der Waals surface area contributed by atoms with Gasteiger partial charge in [-0.05, 0) is 19.4 Å². The molecule has 0 bridgehead atoms. The summed E-state index contributed by atoms with van der Waals surface area (Å²) in [5.41, 5.74) is 6.51. The lowest BCUT2D eigenvalue weighted by molar-refractivity contribution is 0.121. The molecule has 1 aromatic rings. The fourth-order valence-electron chi connectivity index (χ4n) is 1.36. The van der Waals surface area contributed by atoms with Crippen LogP contribution in [0.1, 0.15) is 25.0 Å². The summed E-state index contributed by atoms with van der Waals surface area (Å²) in [6.45, 7) is 3.20. The van der Waals surface area contributed by atoms with Crippen molar-refractivity contribution in [1.82, 2.24) is 9.44 Å². The number of amides is 1. The molecule has 116 valence electrons. The molecule has 21 heavy (non-hydrogen) atoms. The number of hydrogen-bond acceptors (Lipinski definition) is 5. The van der Waals surface area contributed by atoms with E-state index in [-0.39, 0.29) is 12.4 Å². The molecule has 8 nitrogen and oxygen atoms in total. The molecule has 0 aromatic heterocycles. The normalized spacial score (nSPS) is 11.2. The Bertz CT molecular complexity index is 611. The maximum Gasteiger partial charge on any atom is 0.422 e. The van der Waals surface area contributed by atoms with Crippen molar-refractivity contribution in [2.24, 2.45) is 5.73 Å². The minimum Gasteiger partial charge on any atom is -0.446 e. The maximum absolute atomic E-state index is 11.6. The molecule has 0 aliphatic heterocycles. The van der Waals surface area contributed by atoms with Gasteiger partial charge < -0.3 is 10.5 Å². The lowest BCUT2D eigenvalue weighted by Gasteiger charge is -2.11. The minimum absolute atomic E-state index is 0.0114. The van der Waals surface area contributed by atoms with Gasteiger partial charge >= 0.3 is 16.3 Å². The zero-order valence-electron chi connectivity index (χ0n) is 11.7. The number of nitrogens with two attached hydrogens (primary N) is 1. The Labute approximate surface area is 123 Å². The number of rotatable bonds is 6. The fourth-order valence-corrected chi connectivity index (χ4v) is 2.06. The SMILES string of the molecule is CC(C)OC(=O)NS(=O)(=O)NCc1ccc(C(=N)N)cc1. The molecule has 0 aliphatic rings. The first kappa shape index (κ1) is 16.9. The van der Waals surface area contributed by atoms with E-state index in [0.29, 0.717) is 11.1 Å². The Morgan fingerprint density at radius 1 is 1.33 bits per heavy atom. The molecule has 9 heteroatoms. The van der Waals surface area contributed by atoms with Crippen LogP contribution in [0, 0.1) is 5.41 Å². The molecule has 0 saturated heterocycles. The van der Waals surface area contributed by atoms with Crippen LogP contribution in [0.15, 0.2) is 24.3 Å². The summed E-state index contributed by atoms with van der Waals surface area (Å²) in [7, 11) is -3.99. The van der Waals surface area contributed by atoms with Gasteiger partial charge in [0.05, 0.1) is 6.10 Å². The first-order valence-electron chi connectivity index (χ1n) is 6.11. The first-order valence-corrected chi connectivity index (χ1v) is 7.59. The summed E-state index contributed by atoms with van der Waals surface area (Å²) in [6, 6.07) is 6.47. The lowest BCUT2D eigenvalue weighted by atomic mass is 10.1. The summed E-state index contributed by atoms with van der Waals surface area (Å²) in [5, 5.41) is 7.24. The predicted octanol–water partition coefficient (Wildman–Crippen LogP) is 0.440. The van der Waals surface area contributed by atoms with Gasteiger partial charge in [0, 0.05) is 12.1 Å². The van der Waals surface area contributed by atoms with Crippen molar-refractivity contribution in [2.75, 3.05) is 0 Å². The van der Waals surface area contributed by atoms with Gasteiger partial charge in [-0.15, -0.1) is 0 Å². The molecular weight excluding hydrogens is 296 g/mol. The van der Waals surface area contributed by atoms with E-state index in [2.05, 4.69) is 9.46 Å². The summed E-state index contributed by atoms with van der Waals surface area (Å²) in [6.07, 6.45) is -1.45. The van der Waals surface area contributed by atoms with Crippen molar-refractivity contribution in [3.8, 4) is 0 Å². The topological polar surface area (TPSA) is 134 Å². The molecule has 0 unspecified atom stereocenters. The number of amidine groups is 1. The molecule has 0 fully saturated rings. The largest absolute Gasteiger partial charge is 0.446 e. The van der Waals surface area contributed by atoms with E-state index >= 15 is 0 Å². The van der Waals surface area contributed by atoms with Crippen LogP contribution in [0.2, 0.25) is 0 Å². The Morgan fingerprint density at radius 3 is 2.38 bits per heavy atom. The Kier molecular flexibility index (Phi) is 5.68. The van der Waals surface area contributed by atoms with Crippen LogP contribution in [0.4, 0.5) is 4.79 Å². The van der Waals surface area contributed by atoms with Gasteiger partial charge in [-0.1, -0.05) is 24.3 Å². The van der Waals surface area contributed by atoms with Crippen LogP contribution >= 0.6 is 0 Å². The number of carbonyl (C=O) groups is 1. The highest BCUT2D eigenvalue weighted by Crippen LogP contribution is 2.04. The lowest BCUT2D eigenvalue weighted by Crippen LogP contribution is -2.40. The van der Waals surface area contributed by atoms with Gasteiger partial charge in [-0.3, -0.25) is 5.41 Å². The Morgan fingerprint density at radius 2 is 1.90 bits per heavy atom. The molecule has 0 spiro atoms. The molecule has 5 N–H and O–H groups in total. The highest BCUT2D eigenvalue weighted by atomic mass is 32.2. The van der Waals surface area contributed by atoms with Crippen molar-refractivity contribution in [3.05, 3.63) is 35.4 Å². The molecule has 0 heterocycles. The van der Waals surface area contributed by atoms with E-state index in [4.69, 9.17) is 11.1 Å². The van der Waals surface area contributed by atoms with Crippen LogP contribution in [0.25, 0.3) is 0 Å². The summed E-state index contributed by atoms with van der Waals surface area (Å²) < 4.78 is 31.8. The van der Waals surface area contributed by atoms with Crippen molar-refractivity contribution in [1.29, 1.82) is 5.41 Å². The Hall–Kier alpha value is -2.13. The summed E-state index contributed by atoms with van der Waals surface area (Å²) in [5.74, 6) is -0.0692. The molecule has 0 saturated carbocycles. The number of carbonyl (C=O) groups excluding carboxylic acids is 1. The molecular formula is C12H18N4O4S. The fraction of sp³-hybridized carbons (Fsp3) is 0.333. The second kappa shape index (κ2) is 7.04. The van der Waals surface area contributed by atoms with E-state index in [1.54, 1.807) is 42.8 Å². The van der Waals surface area contributed by atoms with Gasteiger partial charge in [0.25, 0.3) is 0 Å². The van der Waals surface area contributed by atoms with Gasteiger partial charge in [-0.25, -0.2) is 9.52 Å². The van der Waals surface area contributed by atoms with Crippen LogP contribution in [0.3, 0.4) is 0 Å². The van der Waals surface area contributed by atoms with E-state index in [0.717, 1.165) is 0 Å². The third-order valence-electron chi connectivity index (χ3n) is 2.29. The zero-order valence-corrected chi connectivity index (χ0v) is 12.5. The monoisotopic (exact) mass is 314 g/mol. The number of hydrogen-bond donors (Lipinski definition) is 4. The second-order valence-corrected chi connectivity index (χ2v) is 5.99. The third kappa shape index (κ3) is 6.23. The molecule has 1 aromatic carbocycles. The zero-order chi connectivity index (χ0) is 16.0. The maximum atomic E-state index is 11.6. The molecule has 1 rings (SSSR count). The highest BCUT2D eigenvalue weighted by Gasteiger charge is 2.15. The second-order valence-electron chi connectivity index (χ2n) is 4.49. The van der Waals surface area contributed by atoms with E-state index < -0.39 is 22.4 Å². The van der Waals surface area contributed by atoms with Crippen LogP contribution in [-0.2, 0) is 21.5 Å². The number of benzene rings is 1. The van der Waals surface area contributed by atoms with Gasteiger partial charge in [0.15, 0.2) is 0 Å². The van der Waals surface area contributed by atoms with Gasteiger partial charge in [-0.2, -0.15) is 13.1 Å². The van der Waals surface area contributed by atoms with Crippen LogP contribution in [-0.4, -0.2) is 26.5 Å². The molecule has 1 amide bonds. The summed E-state index contributed by atoms with van der Waals surface area (Å²) >= 11 is 0. The van der Waals surface area contributed by atoms with Crippen molar-refractivity contribution >= 4 is 22.1 Å². The minimum atomic E-state index is -3.99. The van der Waals surface area contributed by atoms with Gasteiger partial charge in [0.2, 0.25) is 0 Å². The predicted molar refractivity (Wildman–Crippen MR) is 78.0 cm³/mol. The van der Waals surface area contributed by atoms with Crippen molar-refractivity contribution < 1.29 is 17.9 Å². The van der Waals surface area contributed by atoms with Crippen molar-refractivity contribution in [3.63, 3.8) is 0 Å². The smallest absolute Gasteiger partial charge is 0.422 e. The van der Waals surface area contributed by atoms with E-state index in [9.17, 15) is 13.2 Å². The first-order chi connectivity index (χ1) is 9.69. The number of nitrogens with one attached hydrogen (secondary N) is 3. The molecule has 0 radical (unpaired) electrons. The van der Waals surface area contributed by atoms with E-state index in [1.165, 1.54) is 0 Å². The quantitative estimate of drug-likeness (QED) is 0.446. The van der Waals surface area contributed by atoms with Crippen LogP contribution in [0.5, 0.6) is 0 Å². The average molecular weight is 314 g/mol. The third-order valence-corrected chi connectivity index (χ3v) is 3.25. The van der Waals surface area contributed by atoms with Gasteiger partial charge in [0.1, 0.15) is 5.84 Å². The van der Waals surface area contributed by atoms with E-state index in [1.807, 2.05) is 0 Å². The van der Waals surface area contributed by atoms with Crippen LogP contribution < -0.4 is 15.2 Å². The molecule has 0 atom stereocenters. The number of ether oxygens (including phenoxy) is 1.